The number of nitrogens with zero attached hydrogens (tertiary/aromatic N) is 1. The third-order valence-corrected chi connectivity index (χ3v) is 4.17. The molecule has 4 nitrogen and oxygen atoms in total. The lowest BCUT2D eigenvalue weighted by Crippen LogP contribution is -2.41. The summed E-state index contributed by atoms with van der Waals surface area (Å²) in [6, 6.07) is 8.37. The molecule has 6 heteroatoms. The summed E-state index contributed by atoms with van der Waals surface area (Å²) in [4.78, 5) is 5.44. The Hall–Kier alpha value is -0.720. The molecule has 1 rings (SSSR count). The zero-order valence-corrected chi connectivity index (χ0v) is 14.6. The molecule has 1 aromatic carbocycles. The Labute approximate surface area is 133 Å². The highest BCUT2D eigenvalue weighted by molar-refractivity contribution is 9.10. The van der Waals surface area contributed by atoms with Gasteiger partial charge < -0.3 is 15.4 Å². The van der Waals surface area contributed by atoms with Gasteiger partial charge in [0.1, 0.15) is 0 Å². The highest BCUT2D eigenvalue weighted by atomic mass is 79.9. The highest BCUT2D eigenvalue weighted by Crippen LogP contribution is 2.24. The van der Waals surface area contributed by atoms with Crippen LogP contribution >= 0.6 is 27.7 Å². The monoisotopic (exact) mass is 359 g/mol. The molecule has 0 fully saturated rings. The molecule has 0 radical (unpaired) electrons. The molecule has 0 aliphatic carbocycles. The van der Waals surface area contributed by atoms with Crippen molar-refractivity contribution in [3.8, 4) is 0 Å². The molecule has 112 valence electrons. The summed E-state index contributed by atoms with van der Waals surface area (Å²) in [5.74, 6) is 0.810. The van der Waals surface area contributed by atoms with E-state index in [0.717, 1.165) is 23.5 Å². The predicted octanol–water partition coefficient (Wildman–Crippen LogP) is 2.74. The second kappa shape index (κ2) is 10.1. The van der Waals surface area contributed by atoms with Crippen LogP contribution in [0.4, 0.5) is 0 Å². The van der Waals surface area contributed by atoms with Gasteiger partial charge in [0.05, 0.1) is 6.61 Å². The summed E-state index contributed by atoms with van der Waals surface area (Å²) in [6.45, 7) is 4.48. The van der Waals surface area contributed by atoms with Gasteiger partial charge in [-0.3, -0.25) is 4.99 Å². The average Bonchev–Trinajstić information content (AvgIpc) is 2.45. The van der Waals surface area contributed by atoms with Crippen molar-refractivity contribution in [1.82, 2.24) is 10.6 Å². The topological polar surface area (TPSA) is 45.7 Å². The molecule has 0 spiro atoms. The Bertz CT molecular complexity index is 411. The molecule has 1 aromatic rings. The molecule has 0 aliphatic heterocycles. The molecule has 1 atom stereocenters. The van der Waals surface area contributed by atoms with Crippen LogP contribution < -0.4 is 10.6 Å². The lowest BCUT2D eigenvalue weighted by Gasteiger charge is -2.15. The molecular formula is C14H22BrN3OS. The van der Waals surface area contributed by atoms with E-state index in [1.165, 1.54) is 4.90 Å². The Morgan fingerprint density at radius 3 is 2.65 bits per heavy atom. The molecule has 2 N–H and O–H groups in total. The van der Waals surface area contributed by atoms with Gasteiger partial charge in [0.2, 0.25) is 0 Å². The SMILES string of the molecule is CN=C(NCCOC)NCC(C)Sc1ccc(Br)cc1. The number of nitrogens with one attached hydrogen (secondary N) is 2. The van der Waals surface area contributed by atoms with Crippen molar-refractivity contribution in [3.05, 3.63) is 28.7 Å². The summed E-state index contributed by atoms with van der Waals surface area (Å²) in [7, 11) is 3.46. The minimum atomic E-state index is 0.456. The zero-order chi connectivity index (χ0) is 14.8. The molecular weight excluding hydrogens is 338 g/mol. The maximum Gasteiger partial charge on any atom is 0.191 e. The number of thioether (sulfide) groups is 1. The van der Waals surface area contributed by atoms with Crippen LogP contribution in [0.2, 0.25) is 0 Å². The third-order valence-electron chi connectivity index (χ3n) is 2.53. The van der Waals surface area contributed by atoms with Gasteiger partial charge in [0.15, 0.2) is 5.96 Å². The Morgan fingerprint density at radius 2 is 2.05 bits per heavy atom. The maximum atomic E-state index is 5.00. The van der Waals surface area contributed by atoms with Crippen molar-refractivity contribution in [2.75, 3.05) is 33.9 Å². The number of hydrogen-bond donors (Lipinski definition) is 2. The first-order valence-electron chi connectivity index (χ1n) is 6.51. The molecule has 20 heavy (non-hydrogen) atoms. The normalized spacial score (nSPS) is 13.1. The second-order valence-corrected chi connectivity index (χ2v) is 6.68. The van der Waals surface area contributed by atoms with E-state index in [4.69, 9.17) is 4.74 Å². The van der Waals surface area contributed by atoms with Crippen LogP contribution in [0, 0.1) is 0 Å². The summed E-state index contributed by atoms with van der Waals surface area (Å²) < 4.78 is 6.10. The quantitative estimate of drug-likeness (QED) is 0.340. The van der Waals surface area contributed by atoms with E-state index in [1.807, 2.05) is 11.8 Å². The first-order valence-corrected chi connectivity index (χ1v) is 8.18. The number of rotatable bonds is 7. The summed E-state index contributed by atoms with van der Waals surface area (Å²) in [5, 5.41) is 6.96. The fraction of sp³-hybridized carbons (Fsp3) is 0.500. The van der Waals surface area contributed by atoms with Crippen LogP contribution in [0.1, 0.15) is 6.92 Å². The van der Waals surface area contributed by atoms with E-state index in [-0.39, 0.29) is 0 Å². The lowest BCUT2D eigenvalue weighted by atomic mass is 10.4. The zero-order valence-electron chi connectivity index (χ0n) is 12.1. The van der Waals surface area contributed by atoms with Crippen LogP contribution in [-0.2, 0) is 4.74 Å². The highest BCUT2D eigenvalue weighted by Gasteiger charge is 2.05. The van der Waals surface area contributed by atoms with Crippen LogP contribution in [-0.4, -0.2) is 45.1 Å². The number of hydrogen-bond acceptors (Lipinski definition) is 3. The minimum absolute atomic E-state index is 0.456. The van der Waals surface area contributed by atoms with E-state index in [0.29, 0.717) is 11.9 Å². The number of aliphatic imine (C=N–C) groups is 1. The van der Waals surface area contributed by atoms with Gasteiger partial charge in [-0.1, -0.05) is 22.9 Å². The van der Waals surface area contributed by atoms with E-state index >= 15 is 0 Å². The van der Waals surface area contributed by atoms with Crippen LogP contribution in [0.5, 0.6) is 0 Å². The van der Waals surface area contributed by atoms with Crippen molar-refractivity contribution in [1.29, 1.82) is 0 Å². The largest absolute Gasteiger partial charge is 0.383 e. The molecule has 0 saturated heterocycles. The smallest absolute Gasteiger partial charge is 0.191 e. The van der Waals surface area contributed by atoms with Crippen molar-refractivity contribution in [2.45, 2.75) is 17.1 Å². The Kier molecular flexibility index (Phi) is 8.73. The van der Waals surface area contributed by atoms with Gasteiger partial charge >= 0.3 is 0 Å². The summed E-state index contributed by atoms with van der Waals surface area (Å²) in [5.41, 5.74) is 0. The lowest BCUT2D eigenvalue weighted by molar-refractivity contribution is 0.203. The summed E-state index contributed by atoms with van der Waals surface area (Å²) >= 11 is 5.29. The minimum Gasteiger partial charge on any atom is -0.383 e. The number of halogens is 1. The second-order valence-electron chi connectivity index (χ2n) is 4.26. The fourth-order valence-corrected chi connectivity index (χ4v) is 2.71. The van der Waals surface area contributed by atoms with Gasteiger partial charge in [-0.05, 0) is 24.3 Å². The van der Waals surface area contributed by atoms with Crippen molar-refractivity contribution in [3.63, 3.8) is 0 Å². The molecule has 0 saturated carbocycles. The van der Waals surface area contributed by atoms with Crippen LogP contribution in [0.15, 0.2) is 38.6 Å². The van der Waals surface area contributed by atoms with E-state index in [2.05, 4.69) is 62.7 Å². The van der Waals surface area contributed by atoms with Gasteiger partial charge in [-0.2, -0.15) is 0 Å². The standard InChI is InChI=1S/C14H22BrN3OS/c1-11(20-13-6-4-12(15)5-7-13)10-18-14(16-2)17-8-9-19-3/h4-7,11H,8-10H2,1-3H3,(H2,16,17,18). The molecule has 0 amide bonds. The molecule has 0 bridgehead atoms. The van der Waals surface area contributed by atoms with Crippen LogP contribution in [0.3, 0.4) is 0 Å². The van der Waals surface area contributed by atoms with Gasteiger partial charge in [0.25, 0.3) is 0 Å². The molecule has 1 unspecified atom stereocenters. The van der Waals surface area contributed by atoms with Crippen molar-refractivity contribution >= 4 is 33.7 Å². The average molecular weight is 360 g/mol. The van der Waals surface area contributed by atoms with E-state index < -0.39 is 0 Å². The van der Waals surface area contributed by atoms with E-state index in [1.54, 1.807) is 14.2 Å². The molecule has 0 heterocycles. The van der Waals surface area contributed by atoms with Gasteiger partial charge in [0, 0.05) is 41.9 Å². The molecule has 0 aromatic heterocycles. The van der Waals surface area contributed by atoms with Gasteiger partial charge in [-0.15, -0.1) is 11.8 Å². The maximum absolute atomic E-state index is 5.00. The number of guanidine groups is 1. The number of ether oxygens (including phenoxy) is 1. The third kappa shape index (κ3) is 7.17. The predicted molar refractivity (Wildman–Crippen MR) is 90.7 cm³/mol. The van der Waals surface area contributed by atoms with Crippen molar-refractivity contribution in [2.24, 2.45) is 4.99 Å². The van der Waals surface area contributed by atoms with E-state index in [9.17, 15) is 0 Å². The van der Waals surface area contributed by atoms with Crippen LogP contribution in [0.25, 0.3) is 0 Å². The Morgan fingerprint density at radius 1 is 1.35 bits per heavy atom. The first kappa shape index (κ1) is 17.3. The molecule has 0 aliphatic rings. The van der Waals surface area contributed by atoms with Gasteiger partial charge in [-0.25, -0.2) is 0 Å². The first-order chi connectivity index (χ1) is 9.65. The summed E-state index contributed by atoms with van der Waals surface area (Å²) in [6.07, 6.45) is 0. The Balaban J connectivity index is 2.31. The number of methoxy groups -OCH3 is 1. The number of benzene rings is 1. The fourth-order valence-electron chi connectivity index (χ4n) is 1.52. The van der Waals surface area contributed by atoms with Crippen molar-refractivity contribution < 1.29 is 4.74 Å².